The summed E-state index contributed by atoms with van der Waals surface area (Å²) in [5.41, 5.74) is 0.885. The summed E-state index contributed by atoms with van der Waals surface area (Å²) >= 11 is 0. The van der Waals surface area contributed by atoms with Crippen LogP contribution in [-0.4, -0.2) is 48.9 Å². The van der Waals surface area contributed by atoms with Crippen molar-refractivity contribution in [3.05, 3.63) is 64.3 Å². The number of fused-ring (bicyclic) bond motifs is 1. The summed E-state index contributed by atoms with van der Waals surface area (Å²) in [4.78, 5) is 29.9. The number of carbonyl (C=O) groups excluding carboxylic acids is 1. The Morgan fingerprint density at radius 2 is 1.88 bits per heavy atom. The molecular weight excluding hydrogens is 320 g/mol. The number of hydrogen-bond donors (Lipinski definition) is 1. The molecule has 0 atom stereocenters. The first-order valence-corrected chi connectivity index (χ1v) is 8.05. The minimum Gasteiger partial charge on any atom is -0.335 e. The molecule has 4 rings (SSSR count). The van der Waals surface area contributed by atoms with Crippen LogP contribution in [0.4, 0.5) is 0 Å². The SMILES string of the molecule is O=C(c1ccc(=O)[nH]n1)N1CCc2nc(-c3ccccc3)nn2CC1. The largest absolute Gasteiger partial charge is 0.335 e. The average Bonchev–Trinajstić information content (AvgIpc) is 2.96. The molecule has 8 nitrogen and oxygen atoms in total. The molecule has 3 heterocycles. The Morgan fingerprint density at radius 1 is 1.04 bits per heavy atom. The van der Waals surface area contributed by atoms with Gasteiger partial charge in [-0.3, -0.25) is 9.59 Å². The Kier molecular flexibility index (Phi) is 3.85. The quantitative estimate of drug-likeness (QED) is 0.744. The van der Waals surface area contributed by atoms with E-state index < -0.39 is 0 Å². The molecule has 0 aliphatic carbocycles. The molecule has 1 amide bonds. The van der Waals surface area contributed by atoms with Gasteiger partial charge in [0.15, 0.2) is 5.82 Å². The lowest BCUT2D eigenvalue weighted by Crippen LogP contribution is -2.34. The minimum absolute atomic E-state index is 0.203. The number of carbonyl (C=O) groups is 1. The van der Waals surface area contributed by atoms with Gasteiger partial charge < -0.3 is 4.90 Å². The van der Waals surface area contributed by atoms with Gasteiger partial charge in [0.2, 0.25) is 0 Å². The highest BCUT2D eigenvalue weighted by Crippen LogP contribution is 2.17. The van der Waals surface area contributed by atoms with Gasteiger partial charge in [-0.2, -0.15) is 10.2 Å². The fraction of sp³-hybridized carbons (Fsp3) is 0.235. The van der Waals surface area contributed by atoms with Crippen LogP contribution in [0.15, 0.2) is 47.3 Å². The predicted molar refractivity (Wildman–Crippen MR) is 89.9 cm³/mol. The number of benzene rings is 1. The number of amides is 1. The van der Waals surface area contributed by atoms with E-state index in [1.165, 1.54) is 12.1 Å². The van der Waals surface area contributed by atoms with Gasteiger partial charge in [-0.25, -0.2) is 14.8 Å². The molecule has 1 aliphatic heterocycles. The number of aromatic amines is 1. The molecule has 25 heavy (non-hydrogen) atoms. The molecule has 0 saturated carbocycles. The third-order valence-corrected chi connectivity index (χ3v) is 4.15. The van der Waals surface area contributed by atoms with E-state index in [2.05, 4.69) is 20.3 Å². The normalized spacial score (nSPS) is 14.0. The molecule has 0 fully saturated rings. The maximum atomic E-state index is 12.5. The third kappa shape index (κ3) is 3.06. The summed E-state index contributed by atoms with van der Waals surface area (Å²) in [5, 5.41) is 10.7. The number of aromatic nitrogens is 5. The lowest BCUT2D eigenvalue weighted by Gasteiger charge is -2.18. The monoisotopic (exact) mass is 336 g/mol. The predicted octanol–water partition coefficient (Wildman–Crippen LogP) is 0.727. The van der Waals surface area contributed by atoms with E-state index in [0.29, 0.717) is 31.9 Å². The molecule has 126 valence electrons. The molecule has 0 radical (unpaired) electrons. The number of rotatable bonds is 2. The standard InChI is InChI=1S/C17H16N6O2/c24-15-7-6-13(19-20-15)17(25)22-9-8-14-18-16(21-23(14)11-10-22)12-4-2-1-3-5-12/h1-7H,8-11H2,(H,20,24). The molecule has 1 aliphatic rings. The second kappa shape index (κ2) is 6.31. The molecule has 1 N–H and O–H groups in total. The summed E-state index contributed by atoms with van der Waals surface area (Å²) in [6, 6.07) is 12.6. The van der Waals surface area contributed by atoms with Crippen molar-refractivity contribution in [2.24, 2.45) is 0 Å². The Hall–Kier alpha value is -3.29. The Morgan fingerprint density at radius 3 is 2.64 bits per heavy atom. The van der Waals surface area contributed by atoms with Crippen LogP contribution in [0.5, 0.6) is 0 Å². The molecule has 0 unspecified atom stereocenters. The van der Waals surface area contributed by atoms with Gasteiger partial charge in [0.05, 0.1) is 6.54 Å². The van der Waals surface area contributed by atoms with E-state index in [9.17, 15) is 9.59 Å². The molecular formula is C17H16N6O2. The number of H-pyrrole nitrogens is 1. The van der Waals surface area contributed by atoms with Crippen LogP contribution in [0.3, 0.4) is 0 Å². The molecule has 1 aromatic carbocycles. The third-order valence-electron chi connectivity index (χ3n) is 4.15. The zero-order chi connectivity index (χ0) is 17.2. The minimum atomic E-state index is -0.329. The number of nitrogens with zero attached hydrogens (tertiary/aromatic N) is 5. The van der Waals surface area contributed by atoms with Gasteiger partial charge in [0, 0.05) is 31.1 Å². The maximum absolute atomic E-state index is 12.5. The Labute approximate surface area is 143 Å². The van der Waals surface area contributed by atoms with E-state index in [0.717, 1.165) is 11.4 Å². The van der Waals surface area contributed by atoms with Crippen molar-refractivity contribution in [1.29, 1.82) is 0 Å². The molecule has 3 aromatic rings. The lowest BCUT2D eigenvalue weighted by molar-refractivity contribution is 0.0751. The van der Waals surface area contributed by atoms with Crippen molar-refractivity contribution in [2.75, 3.05) is 13.1 Å². The summed E-state index contributed by atoms with van der Waals surface area (Å²) in [6.07, 6.45) is 0.620. The van der Waals surface area contributed by atoms with E-state index in [1.807, 2.05) is 35.0 Å². The molecule has 8 heteroatoms. The second-order valence-corrected chi connectivity index (χ2v) is 5.79. The van der Waals surface area contributed by atoms with Crippen LogP contribution in [0.25, 0.3) is 11.4 Å². The average molecular weight is 336 g/mol. The first-order chi connectivity index (χ1) is 12.2. The van der Waals surface area contributed by atoms with Crippen molar-refractivity contribution in [3.8, 4) is 11.4 Å². The zero-order valence-corrected chi connectivity index (χ0v) is 13.4. The first-order valence-electron chi connectivity index (χ1n) is 8.05. The van der Waals surface area contributed by atoms with Gasteiger partial charge >= 0.3 is 0 Å². The van der Waals surface area contributed by atoms with Crippen LogP contribution >= 0.6 is 0 Å². The van der Waals surface area contributed by atoms with Crippen LogP contribution in [0, 0.1) is 0 Å². The van der Waals surface area contributed by atoms with Crippen molar-refractivity contribution >= 4 is 5.91 Å². The summed E-state index contributed by atoms with van der Waals surface area (Å²) in [5.74, 6) is 1.37. The molecule has 0 bridgehead atoms. The first kappa shape index (κ1) is 15.3. The van der Waals surface area contributed by atoms with Crippen molar-refractivity contribution in [3.63, 3.8) is 0 Å². The summed E-state index contributed by atoms with van der Waals surface area (Å²) in [6.45, 7) is 1.63. The lowest BCUT2D eigenvalue weighted by atomic mass is 10.2. The Balaban J connectivity index is 1.51. The fourth-order valence-corrected chi connectivity index (χ4v) is 2.84. The highest BCUT2D eigenvalue weighted by atomic mass is 16.2. The maximum Gasteiger partial charge on any atom is 0.274 e. The van der Waals surface area contributed by atoms with E-state index in [1.54, 1.807) is 4.90 Å². The highest BCUT2D eigenvalue weighted by Gasteiger charge is 2.23. The van der Waals surface area contributed by atoms with E-state index in [4.69, 9.17) is 0 Å². The number of nitrogens with one attached hydrogen (secondary N) is 1. The van der Waals surface area contributed by atoms with Crippen LogP contribution < -0.4 is 5.56 Å². The van der Waals surface area contributed by atoms with Crippen molar-refractivity contribution in [2.45, 2.75) is 13.0 Å². The van der Waals surface area contributed by atoms with Gasteiger partial charge in [-0.1, -0.05) is 30.3 Å². The molecule has 2 aromatic heterocycles. The second-order valence-electron chi connectivity index (χ2n) is 5.79. The van der Waals surface area contributed by atoms with Gasteiger partial charge in [-0.15, -0.1) is 0 Å². The number of hydrogen-bond acceptors (Lipinski definition) is 5. The Bertz CT molecular complexity index is 917. The molecule has 0 saturated heterocycles. The summed E-state index contributed by atoms with van der Waals surface area (Å²) in [7, 11) is 0. The van der Waals surface area contributed by atoms with Crippen LogP contribution in [0.2, 0.25) is 0 Å². The van der Waals surface area contributed by atoms with Gasteiger partial charge in [-0.05, 0) is 6.07 Å². The summed E-state index contributed by atoms with van der Waals surface area (Å²) < 4.78 is 1.86. The van der Waals surface area contributed by atoms with E-state index in [-0.39, 0.29) is 17.2 Å². The van der Waals surface area contributed by atoms with Gasteiger partial charge in [0.1, 0.15) is 11.5 Å². The topological polar surface area (TPSA) is 96.8 Å². The van der Waals surface area contributed by atoms with Gasteiger partial charge in [0.25, 0.3) is 11.5 Å². The van der Waals surface area contributed by atoms with Crippen LogP contribution in [-0.2, 0) is 13.0 Å². The molecule has 0 spiro atoms. The van der Waals surface area contributed by atoms with Crippen molar-refractivity contribution < 1.29 is 4.79 Å². The highest BCUT2D eigenvalue weighted by molar-refractivity contribution is 5.92. The van der Waals surface area contributed by atoms with E-state index >= 15 is 0 Å². The smallest absolute Gasteiger partial charge is 0.274 e. The van der Waals surface area contributed by atoms with Crippen molar-refractivity contribution in [1.82, 2.24) is 29.9 Å². The fourth-order valence-electron chi connectivity index (χ4n) is 2.84. The zero-order valence-electron chi connectivity index (χ0n) is 13.4. The van der Waals surface area contributed by atoms with Crippen LogP contribution in [0.1, 0.15) is 16.3 Å².